The number of thiazole rings is 1. The number of carbonyl (C=O) groups excluding carboxylic acids is 1. The SMILES string of the molecule is CC(C)(C)OC(=O)C1(S(=O)(=O)c2ccc3nc(-c4ccc(F)c(F)c4)sc3c2)CCCCOCC1. The third kappa shape index (κ3) is 5.10. The number of halogens is 2. The second kappa shape index (κ2) is 9.55. The molecule has 35 heavy (non-hydrogen) atoms. The minimum atomic E-state index is -4.18. The van der Waals surface area contributed by atoms with Gasteiger partial charge in [0.1, 0.15) is 10.6 Å². The molecule has 4 rings (SSSR count). The molecule has 188 valence electrons. The molecule has 0 N–H and O–H groups in total. The van der Waals surface area contributed by atoms with Crippen LogP contribution in [0.2, 0.25) is 0 Å². The fraction of sp³-hybridized carbons (Fsp3) is 0.440. The summed E-state index contributed by atoms with van der Waals surface area (Å²) in [5.41, 5.74) is 0.0435. The largest absolute Gasteiger partial charge is 0.459 e. The Kier molecular flexibility index (Phi) is 7.00. The van der Waals surface area contributed by atoms with E-state index in [1.54, 1.807) is 26.8 Å². The van der Waals surface area contributed by atoms with Gasteiger partial charge in [0.05, 0.1) is 15.1 Å². The lowest BCUT2D eigenvalue weighted by Gasteiger charge is -2.35. The number of fused-ring (bicyclic) bond motifs is 1. The van der Waals surface area contributed by atoms with Crippen molar-refractivity contribution in [3.05, 3.63) is 48.0 Å². The van der Waals surface area contributed by atoms with Crippen LogP contribution < -0.4 is 0 Å². The topological polar surface area (TPSA) is 82.6 Å². The van der Waals surface area contributed by atoms with Crippen molar-refractivity contribution in [1.29, 1.82) is 0 Å². The summed E-state index contributed by atoms with van der Waals surface area (Å²) < 4.78 is 65.0. The molecule has 1 atom stereocenters. The van der Waals surface area contributed by atoms with Crippen LogP contribution in [-0.2, 0) is 24.1 Å². The van der Waals surface area contributed by atoms with Gasteiger partial charge in [-0.05, 0) is 76.4 Å². The van der Waals surface area contributed by atoms with Gasteiger partial charge in [-0.1, -0.05) is 0 Å². The molecule has 6 nitrogen and oxygen atoms in total. The number of nitrogens with zero attached hydrogens (tertiary/aromatic N) is 1. The minimum Gasteiger partial charge on any atom is -0.459 e. The summed E-state index contributed by atoms with van der Waals surface area (Å²) in [6.45, 7) is 5.75. The summed E-state index contributed by atoms with van der Waals surface area (Å²) in [6.07, 6.45) is 1.27. The summed E-state index contributed by atoms with van der Waals surface area (Å²) in [5, 5.41) is 0.426. The van der Waals surface area contributed by atoms with Crippen molar-refractivity contribution in [2.45, 2.75) is 61.7 Å². The van der Waals surface area contributed by atoms with Gasteiger partial charge in [0.25, 0.3) is 0 Å². The van der Waals surface area contributed by atoms with Crippen LogP contribution in [-0.4, -0.2) is 42.9 Å². The standard InChI is InChI=1S/C25H27F2NO5S2/c1-24(2,3)33-23(29)25(10-4-5-12-32-13-11-25)35(30,31)17-7-9-20-21(15-17)34-22(28-20)16-6-8-18(26)19(27)14-16/h6-9,14-15H,4-5,10-13H2,1-3H3. The van der Waals surface area contributed by atoms with Gasteiger partial charge in [-0.2, -0.15) is 0 Å². The fourth-order valence-electron chi connectivity index (χ4n) is 4.08. The lowest BCUT2D eigenvalue weighted by atomic mass is 9.96. The number of hydrogen-bond donors (Lipinski definition) is 0. The van der Waals surface area contributed by atoms with Crippen molar-refractivity contribution in [2.24, 2.45) is 0 Å². The molecule has 1 aliphatic rings. The zero-order chi connectivity index (χ0) is 25.4. The molecule has 10 heteroatoms. The van der Waals surface area contributed by atoms with Crippen LogP contribution in [0, 0.1) is 11.6 Å². The second-order valence-electron chi connectivity index (χ2n) is 9.60. The molecule has 1 fully saturated rings. The monoisotopic (exact) mass is 523 g/mol. The molecule has 0 aliphatic carbocycles. The molecule has 0 amide bonds. The molecular weight excluding hydrogens is 496 g/mol. The van der Waals surface area contributed by atoms with Crippen molar-refractivity contribution in [3.63, 3.8) is 0 Å². The maximum Gasteiger partial charge on any atom is 0.328 e. The Morgan fingerprint density at radius 1 is 1.06 bits per heavy atom. The van der Waals surface area contributed by atoms with Gasteiger partial charge in [-0.3, -0.25) is 4.79 Å². The molecule has 2 aromatic carbocycles. The maximum absolute atomic E-state index is 14.0. The first kappa shape index (κ1) is 25.7. The number of carbonyl (C=O) groups is 1. The Morgan fingerprint density at radius 2 is 1.83 bits per heavy atom. The Hall–Kier alpha value is -2.43. The Bertz CT molecular complexity index is 1350. The van der Waals surface area contributed by atoms with E-state index in [-0.39, 0.29) is 24.3 Å². The Balaban J connectivity index is 1.78. The van der Waals surface area contributed by atoms with E-state index in [1.807, 2.05) is 0 Å². The van der Waals surface area contributed by atoms with Gasteiger partial charge in [0.2, 0.25) is 0 Å². The van der Waals surface area contributed by atoms with Crippen LogP contribution in [0.5, 0.6) is 0 Å². The van der Waals surface area contributed by atoms with Gasteiger partial charge in [0, 0.05) is 25.2 Å². The van der Waals surface area contributed by atoms with Crippen LogP contribution in [0.4, 0.5) is 8.78 Å². The van der Waals surface area contributed by atoms with Crippen molar-refractivity contribution in [1.82, 2.24) is 4.98 Å². The number of ether oxygens (including phenoxy) is 2. The molecule has 1 aliphatic heterocycles. The number of rotatable bonds is 4. The highest BCUT2D eigenvalue weighted by molar-refractivity contribution is 7.93. The van der Waals surface area contributed by atoms with Crippen LogP contribution in [0.3, 0.4) is 0 Å². The third-order valence-corrected chi connectivity index (χ3v) is 9.44. The molecule has 0 radical (unpaired) electrons. The van der Waals surface area contributed by atoms with E-state index in [4.69, 9.17) is 9.47 Å². The van der Waals surface area contributed by atoms with Gasteiger partial charge >= 0.3 is 5.97 Å². The van der Waals surface area contributed by atoms with Gasteiger partial charge in [0.15, 0.2) is 26.2 Å². The zero-order valence-corrected chi connectivity index (χ0v) is 21.4. The lowest BCUT2D eigenvalue weighted by Crippen LogP contribution is -2.51. The first-order valence-electron chi connectivity index (χ1n) is 11.3. The molecule has 3 aromatic rings. The average molecular weight is 524 g/mol. The molecule has 0 saturated carbocycles. The summed E-state index contributed by atoms with van der Waals surface area (Å²) >= 11 is 1.16. The molecule has 0 bridgehead atoms. The summed E-state index contributed by atoms with van der Waals surface area (Å²) in [5.74, 6) is -2.72. The first-order chi connectivity index (χ1) is 16.4. The minimum absolute atomic E-state index is 0.00885. The first-order valence-corrected chi connectivity index (χ1v) is 13.6. The van der Waals surface area contributed by atoms with Crippen molar-refractivity contribution in [3.8, 4) is 10.6 Å². The lowest BCUT2D eigenvalue weighted by molar-refractivity contribution is -0.159. The van der Waals surface area contributed by atoms with E-state index in [1.165, 1.54) is 18.2 Å². The number of esters is 1. The summed E-state index contributed by atoms with van der Waals surface area (Å²) in [7, 11) is -4.18. The quantitative estimate of drug-likeness (QED) is 0.409. The van der Waals surface area contributed by atoms with E-state index in [2.05, 4.69) is 4.98 Å². The Labute approximate surface area is 207 Å². The van der Waals surface area contributed by atoms with Crippen molar-refractivity contribution < 1.29 is 31.5 Å². The average Bonchev–Trinajstić information content (AvgIpc) is 3.17. The van der Waals surface area contributed by atoms with Crippen molar-refractivity contribution >= 4 is 37.4 Å². The summed E-state index contributed by atoms with van der Waals surface area (Å²) in [6, 6.07) is 7.96. The molecule has 1 unspecified atom stereocenters. The van der Waals surface area contributed by atoms with Crippen LogP contribution in [0.1, 0.15) is 46.5 Å². The smallest absolute Gasteiger partial charge is 0.328 e. The maximum atomic E-state index is 14.0. The number of sulfone groups is 1. The number of benzene rings is 2. The normalized spacial score (nSPS) is 19.8. The summed E-state index contributed by atoms with van der Waals surface area (Å²) in [4.78, 5) is 17.8. The Morgan fingerprint density at radius 3 is 2.54 bits per heavy atom. The van der Waals surface area contributed by atoms with Crippen LogP contribution in [0.15, 0.2) is 41.3 Å². The predicted molar refractivity (Wildman–Crippen MR) is 130 cm³/mol. The second-order valence-corrected chi connectivity index (χ2v) is 12.9. The van der Waals surface area contributed by atoms with E-state index in [0.29, 0.717) is 40.2 Å². The van der Waals surface area contributed by atoms with E-state index in [0.717, 1.165) is 23.5 Å². The molecule has 1 aromatic heterocycles. The van der Waals surface area contributed by atoms with E-state index >= 15 is 0 Å². The zero-order valence-electron chi connectivity index (χ0n) is 19.8. The fourth-order valence-corrected chi connectivity index (χ4v) is 7.16. The highest BCUT2D eigenvalue weighted by Gasteiger charge is 2.53. The highest BCUT2D eigenvalue weighted by Crippen LogP contribution is 2.39. The van der Waals surface area contributed by atoms with E-state index < -0.39 is 37.8 Å². The molecule has 2 heterocycles. The van der Waals surface area contributed by atoms with Gasteiger partial charge in [-0.15, -0.1) is 11.3 Å². The molecule has 1 saturated heterocycles. The third-order valence-electron chi connectivity index (χ3n) is 5.89. The predicted octanol–water partition coefficient (Wildman–Crippen LogP) is 5.69. The number of aromatic nitrogens is 1. The van der Waals surface area contributed by atoms with Crippen molar-refractivity contribution in [2.75, 3.05) is 13.2 Å². The van der Waals surface area contributed by atoms with Crippen LogP contribution >= 0.6 is 11.3 Å². The van der Waals surface area contributed by atoms with Crippen LogP contribution in [0.25, 0.3) is 20.8 Å². The molecule has 0 spiro atoms. The van der Waals surface area contributed by atoms with E-state index in [9.17, 15) is 22.0 Å². The highest BCUT2D eigenvalue weighted by atomic mass is 32.2. The number of hydrogen-bond acceptors (Lipinski definition) is 7. The van der Waals surface area contributed by atoms with Gasteiger partial charge in [-0.25, -0.2) is 22.2 Å². The van der Waals surface area contributed by atoms with Gasteiger partial charge < -0.3 is 9.47 Å². The molecular formula is C25H27F2NO5S2.